The van der Waals surface area contributed by atoms with Crippen LogP contribution in [0.5, 0.6) is 0 Å². The fraction of sp³-hybridized carbons (Fsp3) is 0.286. The Morgan fingerprint density at radius 1 is 1.32 bits per heavy atom. The van der Waals surface area contributed by atoms with Crippen LogP contribution in [-0.2, 0) is 0 Å². The number of anilines is 1. The summed E-state index contributed by atoms with van der Waals surface area (Å²) in [7, 11) is 5.99. The van der Waals surface area contributed by atoms with Crippen LogP contribution in [0.25, 0.3) is 11.1 Å². The number of aromatic amines is 1. The number of hydrogen-bond acceptors (Lipinski definition) is 5. The van der Waals surface area contributed by atoms with Gasteiger partial charge >= 0.3 is 0 Å². The number of aryl methyl sites for hydroxylation is 1. The van der Waals surface area contributed by atoms with Gasteiger partial charge in [0.05, 0.1) is 17.7 Å². The molecule has 1 amide bonds. The number of H-pyrrole nitrogens is 1. The lowest BCUT2D eigenvalue weighted by atomic mass is 9.82. The molecule has 0 aliphatic heterocycles. The van der Waals surface area contributed by atoms with E-state index in [0.29, 0.717) is 27.7 Å². The lowest BCUT2D eigenvalue weighted by molar-refractivity contribution is 0.0911. The van der Waals surface area contributed by atoms with Crippen LogP contribution in [0.1, 0.15) is 41.5 Å². The molecular weight excluding hydrogens is 480 g/mol. The molecule has 31 heavy (non-hydrogen) atoms. The standard InChI is InChI=1S/C21H22BBrClN5O2/c1-11-4-13(8-27-19(11)23)17(10-30)28-20(31)16-5-12(7-25-16)14-6-18(26-9-15(14)24)29-21(2,3)22/h4-9,17,25,30H,10H2,1-3H3,(H,26,29)(H,28,31)/t17-/m1/s1. The predicted molar refractivity (Wildman–Crippen MR) is 126 cm³/mol. The maximum atomic E-state index is 12.8. The summed E-state index contributed by atoms with van der Waals surface area (Å²) in [6, 6.07) is 4.73. The molecule has 160 valence electrons. The molecule has 3 rings (SSSR count). The lowest BCUT2D eigenvalue weighted by Gasteiger charge is -2.22. The van der Waals surface area contributed by atoms with E-state index in [-0.39, 0.29) is 12.5 Å². The maximum Gasteiger partial charge on any atom is 0.268 e. The van der Waals surface area contributed by atoms with Crippen molar-refractivity contribution in [1.82, 2.24) is 20.3 Å². The number of hydrogen-bond donors (Lipinski definition) is 4. The number of aliphatic hydroxyl groups is 1. The second kappa shape index (κ2) is 9.42. The zero-order valence-corrected chi connectivity index (χ0v) is 19.7. The predicted octanol–water partition coefficient (Wildman–Crippen LogP) is 3.98. The van der Waals surface area contributed by atoms with E-state index in [1.54, 1.807) is 24.5 Å². The van der Waals surface area contributed by atoms with Gasteiger partial charge in [-0.1, -0.05) is 25.4 Å². The zero-order valence-electron chi connectivity index (χ0n) is 17.3. The van der Waals surface area contributed by atoms with Crippen molar-refractivity contribution in [1.29, 1.82) is 0 Å². The summed E-state index contributed by atoms with van der Waals surface area (Å²) in [5.41, 5.74) is 2.71. The summed E-state index contributed by atoms with van der Waals surface area (Å²) in [5.74, 6) is 0.204. The van der Waals surface area contributed by atoms with Crippen LogP contribution in [0.3, 0.4) is 0 Å². The van der Waals surface area contributed by atoms with Gasteiger partial charge < -0.3 is 20.7 Å². The van der Waals surface area contributed by atoms with E-state index in [0.717, 1.165) is 15.7 Å². The fourth-order valence-electron chi connectivity index (χ4n) is 2.98. The normalized spacial score (nSPS) is 12.5. The average molecular weight is 503 g/mol. The first kappa shape index (κ1) is 23.3. The molecule has 0 aliphatic carbocycles. The minimum Gasteiger partial charge on any atom is -0.394 e. The number of nitrogens with one attached hydrogen (secondary N) is 3. The second-order valence-electron chi connectivity index (χ2n) is 7.78. The first-order chi connectivity index (χ1) is 14.6. The third-order valence-electron chi connectivity index (χ3n) is 4.47. The van der Waals surface area contributed by atoms with Gasteiger partial charge in [-0.25, -0.2) is 9.97 Å². The maximum absolute atomic E-state index is 12.8. The third kappa shape index (κ3) is 5.87. The number of nitrogens with zero attached hydrogens (tertiary/aromatic N) is 2. The molecule has 10 heteroatoms. The quantitative estimate of drug-likeness (QED) is 0.289. The summed E-state index contributed by atoms with van der Waals surface area (Å²) in [6.45, 7) is 5.27. The summed E-state index contributed by atoms with van der Waals surface area (Å²) < 4.78 is 0.717. The molecular formula is C21H22BBrClN5O2. The van der Waals surface area contributed by atoms with E-state index in [1.807, 2.05) is 26.8 Å². The van der Waals surface area contributed by atoms with Crippen LogP contribution in [0.15, 0.2) is 41.4 Å². The molecule has 0 aromatic carbocycles. The van der Waals surface area contributed by atoms with Gasteiger partial charge in [0, 0.05) is 29.7 Å². The average Bonchev–Trinajstić information content (AvgIpc) is 3.18. The topological polar surface area (TPSA) is 103 Å². The molecule has 3 aromatic heterocycles. The lowest BCUT2D eigenvalue weighted by Crippen LogP contribution is -2.31. The van der Waals surface area contributed by atoms with Crippen LogP contribution in [-0.4, -0.2) is 45.9 Å². The van der Waals surface area contributed by atoms with Crippen molar-refractivity contribution >= 4 is 47.1 Å². The van der Waals surface area contributed by atoms with Gasteiger partial charge in [-0.2, -0.15) is 0 Å². The number of carbonyl (C=O) groups is 1. The molecule has 0 aliphatic rings. The highest BCUT2D eigenvalue weighted by molar-refractivity contribution is 9.10. The molecule has 0 unspecified atom stereocenters. The van der Waals surface area contributed by atoms with Crippen molar-refractivity contribution in [2.45, 2.75) is 32.3 Å². The largest absolute Gasteiger partial charge is 0.394 e. The van der Waals surface area contributed by atoms with Crippen LogP contribution >= 0.6 is 27.5 Å². The Balaban J connectivity index is 1.80. The van der Waals surface area contributed by atoms with Gasteiger partial charge in [0.2, 0.25) is 0 Å². The first-order valence-corrected chi connectivity index (χ1v) is 10.7. The first-order valence-electron chi connectivity index (χ1n) is 9.52. The van der Waals surface area contributed by atoms with Crippen molar-refractivity contribution in [3.63, 3.8) is 0 Å². The molecule has 2 radical (unpaired) electrons. The van der Waals surface area contributed by atoms with Crippen LogP contribution in [0.4, 0.5) is 5.82 Å². The minimum atomic E-state index is -0.652. The van der Waals surface area contributed by atoms with Gasteiger partial charge in [-0.15, -0.1) is 0 Å². The van der Waals surface area contributed by atoms with E-state index in [4.69, 9.17) is 19.4 Å². The van der Waals surface area contributed by atoms with Crippen LogP contribution < -0.4 is 10.6 Å². The van der Waals surface area contributed by atoms with Crippen LogP contribution in [0, 0.1) is 6.92 Å². The smallest absolute Gasteiger partial charge is 0.268 e. The molecule has 3 aromatic rings. The molecule has 0 fully saturated rings. The van der Waals surface area contributed by atoms with E-state index in [2.05, 4.69) is 41.5 Å². The Labute approximate surface area is 195 Å². The fourth-order valence-corrected chi connectivity index (χ4v) is 3.41. The number of aliphatic hydroxyl groups excluding tert-OH is 1. The van der Waals surface area contributed by atoms with Gasteiger partial charge in [0.25, 0.3) is 5.91 Å². The zero-order chi connectivity index (χ0) is 22.8. The SMILES string of the molecule is [B]C(C)(C)Nc1cc(-c2c[nH]c(C(=O)N[C@H](CO)c3cnc(Br)c(C)c3)c2)c(Cl)cn1. The molecule has 0 saturated carbocycles. The highest BCUT2D eigenvalue weighted by atomic mass is 79.9. The van der Waals surface area contributed by atoms with Crippen molar-refractivity contribution in [3.8, 4) is 11.1 Å². The van der Waals surface area contributed by atoms with E-state index >= 15 is 0 Å². The van der Waals surface area contributed by atoms with Gasteiger partial charge in [-0.3, -0.25) is 4.79 Å². The second-order valence-corrected chi connectivity index (χ2v) is 8.94. The Kier molecular flexibility index (Phi) is 7.08. The number of rotatable bonds is 7. The van der Waals surface area contributed by atoms with Crippen molar-refractivity contribution in [3.05, 3.63) is 63.2 Å². The van der Waals surface area contributed by atoms with E-state index in [9.17, 15) is 9.90 Å². The molecule has 3 heterocycles. The summed E-state index contributed by atoms with van der Waals surface area (Å²) in [5, 5.41) is 16.1. The molecule has 0 saturated heterocycles. The van der Waals surface area contributed by atoms with E-state index in [1.165, 1.54) is 6.20 Å². The molecule has 1 atom stereocenters. The number of halogens is 2. The summed E-state index contributed by atoms with van der Waals surface area (Å²) in [4.78, 5) is 24.2. The summed E-state index contributed by atoms with van der Waals surface area (Å²) >= 11 is 9.67. The highest BCUT2D eigenvalue weighted by Crippen LogP contribution is 2.30. The van der Waals surface area contributed by atoms with Crippen molar-refractivity contribution in [2.24, 2.45) is 0 Å². The Morgan fingerprint density at radius 3 is 2.71 bits per heavy atom. The monoisotopic (exact) mass is 501 g/mol. The third-order valence-corrected chi connectivity index (χ3v) is 5.60. The molecule has 0 bridgehead atoms. The number of aromatic nitrogens is 3. The van der Waals surface area contributed by atoms with Crippen molar-refractivity contribution in [2.75, 3.05) is 11.9 Å². The van der Waals surface area contributed by atoms with Crippen molar-refractivity contribution < 1.29 is 9.90 Å². The van der Waals surface area contributed by atoms with Gasteiger partial charge in [0.1, 0.15) is 24.0 Å². The Morgan fingerprint density at radius 2 is 2.06 bits per heavy atom. The Bertz CT molecular complexity index is 1100. The number of pyridine rings is 2. The molecule has 0 spiro atoms. The summed E-state index contributed by atoms with van der Waals surface area (Å²) in [6.07, 6.45) is 4.83. The highest BCUT2D eigenvalue weighted by Gasteiger charge is 2.19. The van der Waals surface area contributed by atoms with Crippen LogP contribution in [0.2, 0.25) is 5.02 Å². The minimum absolute atomic E-state index is 0.262. The molecule has 4 N–H and O–H groups in total. The number of amides is 1. The Hall–Kier alpha value is -2.36. The number of carbonyl (C=O) groups excluding carboxylic acids is 1. The van der Waals surface area contributed by atoms with E-state index < -0.39 is 11.5 Å². The van der Waals surface area contributed by atoms with Gasteiger partial charge in [-0.05, 0) is 57.6 Å². The molecule has 7 nitrogen and oxygen atoms in total. The van der Waals surface area contributed by atoms with Gasteiger partial charge in [0.15, 0.2) is 0 Å².